The quantitative estimate of drug-likeness (QED) is 0.458. The van der Waals surface area contributed by atoms with E-state index in [4.69, 9.17) is 0 Å². The van der Waals surface area contributed by atoms with Gasteiger partial charge in [0.1, 0.15) is 0 Å². The van der Waals surface area contributed by atoms with Gasteiger partial charge >= 0.3 is 6.03 Å². The molecule has 2 aromatic carbocycles. The van der Waals surface area contributed by atoms with Crippen LogP contribution < -0.4 is 10.6 Å². The van der Waals surface area contributed by atoms with Gasteiger partial charge in [-0.05, 0) is 67.5 Å². The smallest absolute Gasteiger partial charge is 0.319 e. The fourth-order valence-electron chi connectivity index (χ4n) is 4.40. The Morgan fingerprint density at radius 1 is 1.18 bits per heavy atom. The van der Waals surface area contributed by atoms with Crippen molar-refractivity contribution in [3.8, 4) is 0 Å². The second-order valence-corrected chi connectivity index (χ2v) is 9.05. The number of aromatic nitrogens is 1. The fourth-order valence-corrected chi connectivity index (χ4v) is 4.40. The molecule has 4 N–H and O–H groups in total. The SMILES string of the molecule is Cc1cc(C(=O)N2CCC(C)CC2)ccc1NC(=O)NC(CO)Cc1c[nH]c2ccccc12. The lowest BCUT2D eigenvalue weighted by Crippen LogP contribution is -2.41. The van der Waals surface area contributed by atoms with Gasteiger partial charge in [0, 0.05) is 41.4 Å². The number of benzene rings is 2. The summed E-state index contributed by atoms with van der Waals surface area (Å²) < 4.78 is 0. The number of likely N-dealkylation sites (tertiary alicyclic amines) is 1. The number of aryl methyl sites for hydroxylation is 1. The Kier molecular flexibility index (Phi) is 6.99. The number of carbonyl (C=O) groups is 2. The van der Waals surface area contributed by atoms with Crippen molar-refractivity contribution in [2.45, 2.75) is 39.2 Å². The molecule has 7 nitrogen and oxygen atoms in total. The molecule has 1 atom stereocenters. The average Bonchev–Trinajstić information content (AvgIpc) is 3.22. The number of hydrogen-bond donors (Lipinski definition) is 4. The number of nitrogens with zero attached hydrogens (tertiary/aromatic N) is 1. The highest BCUT2D eigenvalue weighted by Gasteiger charge is 2.22. The van der Waals surface area contributed by atoms with E-state index in [1.807, 2.05) is 48.4 Å². The molecule has 0 radical (unpaired) electrons. The van der Waals surface area contributed by atoms with Gasteiger partial charge in [0.05, 0.1) is 12.6 Å². The molecule has 0 saturated carbocycles. The first-order valence-corrected chi connectivity index (χ1v) is 11.6. The summed E-state index contributed by atoms with van der Waals surface area (Å²) in [5.41, 5.74) is 4.16. The molecule has 33 heavy (non-hydrogen) atoms. The van der Waals surface area contributed by atoms with Crippen molar-refractivity contribution in [2.24, 2.45) is 5.92 Å². The Morgan fingerprint density at radius 3 is 2.67 bits per heavy atom. The lowest BCUT2D eigenvalue weighted by Gasteiger charge is -2.30. The molecule has 0 bridgehead atoms. The van der Waals surface area contributed by atoms with Crippen molar-refractivity contribution in [2.75, 3.05) is 25.0 Å². The van der Waals surface area contributed by atoms with E-state index in [0.717, 1.165) is 48.0 Å². The van der Waals surface area contributed by atoms with Crippen LogP contribution in [0.2, 0.25) is 0 Å². The summed E-state index contributed by atoms with van der Waals surface area (Å²) in [5.74, 6) is 0.708. The van der Waals surface area contributed by atoms with E-state index in [1.54, 1.807) is 12.1 Å². The van der Waals surface area contributed by atoms with Crippen LogP contribution in [-0.4, -0.2) is 52.7 Å². The van der Waals surface area contributed by atoms with Gasteiger partial charge in [-0.2, -0.15) is 0 Å². The van der Waals surface area contributed by atoms with Gasteiger partial charge in [-0.1, -0.05) is 25.1 Å². The third-order valence-electron chi connectivity index (χ3n) is 6.49. The van der Waals surface area contributed by atoms with E-state index in [0.29, 0.717) is 23.6 Å². The van der Waals surface area contributed by atoms with Gasteiger partial charge in [0.25, 0.3) is 5.91 Å². The highest BCUT2D eigenvalue weighted by Crippen LogP contribution is 2.22. The Bertz CT molecular complexity index is 1130. The summed E-state index contributed by atoms with van der Waals surface area (Å²) >= 11 is 0. The number of urea groups is 1. The minimum atomic E-state index is -0.424. The molecule has 1 fully saturated rings. The molecule has 1 unspecified atom stereocenters. The predicted molar refractivity (Wildman–Crippen MR) is 131 cm³/mol. The van der Waals surface area contributed by atoms with Crippen molar-refractivity contribution >= 4 is 28.5 Å². The van der Waals surface area contributed by atoms with Gasteiger partial charge in [0.2, 0.25) is 0 Å². The molecule has 174 valence electrons. The lowest BCUT2D eigenvalue weighted by atomic mass is 9.98. The van der Waals surface area contributed by atoms with Crippen LogP contribution in [0, 0.1) is 12.8 Å². The van der Waals surface area contributed by atoms with E-state index < -0.39 is 6.04 Å². The summed E-state index contributed by atoms with van der Waals surface area (Å²) in [4.78, 5) is 30.5. The molecule has 3 amide bonds. The van der Waals surface area contributed by atoms with Crippen LogP contribution in [0.5, 0.6) is 0 Å². The Hall–Kier alpha value is -3.32. The standard InChI is InChI=1S/C26H32N4O3/c1-17-9-11-30(12-10-17)25(32)19-7-8-23(18(2)13-19)29-26(33)28-21(16-31)14-20-15-27-24-6-4-3-5-22(20)24/h3-8,13,15,17,21,27,31H,9-12,14,16H2,1-2H3,(H2,28,29,33). The van der Waals surface area contributed by atoms with Crippen LogP contribution in [0.4, 0.5) is 10.5 Å². The van der Waals surface area contributed by atoms with E-state index in [9.17, 15) is 14.7 Å². The normalized spacial score (nSPS) is 15.4. The number of piperidine rings is 1. The van der Waals surface area contributed by atoms with Crippen molar-refractivity contribution in [1.29, 1.82) is 0 Å². The Labute approximate surface area is 194 Å². The maximum atomic E-state index is 12.8. The van der Waals surface area contributed by atoms with Crippen molar-refractivity contribution in [1.82, 2.24) is 15.2 Å². The zero-order valence-corrected chi connectivity index (χ0v) is 19.2. The molecular formula is C26H32N4O3. The first-order valence-electron chi connectivity index (χ1n) is 11.6. The molecule has 7 heteroatoms. The average molecular weight is 449 g/mol. The number of fused-ring (bicyclic) bond motifs is 1. The lowest BCUT2D eigenvalue weighted by molar-refractivity contribution is 0.0697. The zero-order valence-electron chi connectivity index (χ0n) is 19.2. The molecule has 1 aliphatic rings. The molecule has 3 aromatic rings. The second kappa shape index (κ2) is 10.1. The second-order valence-electron chi connectivity index (χ2n) is 9.05. The van der Waals surface area contributed by atoms with Gasteiger partial charge in [0.15, 0.2) is 0 Å². The van der Waals surface area contributed by atoms with Crippen molar-refractivity contribution in [3.63, 3.8) is 0 Å². The van der Waals surface area contributed by atoms with Gasteiger partial charge in [-0.3, -0.25) is 4.79 Å². The monoisotopic (exact) mass is 448 g/mol. The predicted octanol–water partition coefficient (Wildman–Crippen LogP) is 4.07. The summed E-state index contributed by atoms with van der Waals surface area (Å²) in [6.45, 7) is 5.51. The number of nitrogens with one attached hydrogen (secondary N) is 3. The summed E-state index contributed by atoms with van der Waals surface area (Å²) in [7, 11) is 0. The maximum Gasteiger partial charge on any atom is 0.319 e. The van der Waals surface area contributed by atoms with Crippen LogP contribution in [-0.2, 0) is 6.42 Å². The number of aliphatic hydroxyl groups is 1. The third-order valence-corrected chi connectivity index (χ3v) is 6.49. The number of rotatable bonds is 6. The van der Waals surface area contributed by atoms with E-state index in [1.165, 1.54) is 0 Å². The van der Waals surface area contributed by atoms with E-state index in [-0.39, 0.29) is 18.5 Å². The summed E-state index contributed by atoms with van der Waals surface area (Å²) in [5, 5.41) is 16.6. The first-order chi connectivity index (χ1) is 15.9. The molecule has 1 aliphatic heterocycles. The van der Waals surface area contributed by atoms with E-state index >= 15 is 0 Å². The third kappa shape index (κ3) is 5.37. The zero-order chi connectivity index (χ0) is 23.4. The number of aromatic amines is 1. The van der Waals surface area contributed by atoms with Gasteiger partial charge < -0.3 is 25.6 Å². The van der Waals surface area contributed by atoms with Crippen LogP contribution >= 0.6 is 0 Å². The van der Waals surface area contributed by atoms with Crippen LogP contribution in [0.3, 0.4) is 0 Å². The molecule has 1 aromatic heterocycles. The molecule has 1 saturated heterocycles. The van der Waals surface area contributed by atoms with Crippen LogP contribution in [0.1, 0.15) is 41.3 Å². The number of amides is 3. The Balaban J connectivity index is 1.36. The highest BCUT2D eigenvalue weighted by molar-refractivity contribution is 5.96. The van der Waals surface area contributed by atoms with E-state index in [2.05, 4.69) is 22.5 Å². The van der Waals surface area contributed by atoms with Crippen LogP contribution in [0.25, 0.3) is 10.9 Å². The minimum absolute atomic E-state index is 0.0417. The number of H-pyrrole nitrogens is 1. The number of aliphatic hydroxyl groups excluding tert-OH is 1. The maximum absolute atomic E-state index is 12.8. The van der Waals surface area contributed by atoms with Gasteiger partial charge in [-0.25, -0.2) is 4.79 Å². The summed E-state index contributed by atoms with van der Waals surface area (Å²) in [6, 6.07) is 12.5. The Morgan fingerprint density at radius 2 is 1.94 bits per heavy atom. The topological polar surface area (TPSA) is 97.5 Å². The fraction of sp³-hybridized carbons (Fsp3) is 0.385. The minimum Gasteiger partial charge on any atom is -0.394 e. The molecule has 0 spiro atoms. The van der Waals surface area contributed by atoms with Crippen LogP contribution in [0.15, 0.2) is 48.7 Å². The number of anilines is 1. The van der Waals surface area contributed by atoms with Crippen molar-refractivity contribution < 1.29 is 14.7 Å². The highest BCUT2D eigenvalue weighted by atomic mass is 16.3. The van der Waals surface area contributed by atoms with Crippen molar-refractivity contribution in [3.05, 3.63) is 65.4 Å². The first kappa shape index (κ1) is 22.9. The molecular weight excluding hydrogens is 416 g/mol. The van der Waals surface area contributed by atoms with Gasteiger partial charge in [-0.15, -0.1) is 0 Å². The number of para-hydroxylation sites is 1. The molecule has 0 aliphatic carbocycles. The number of hydrogen-bond acceptors (Lipinski definition) is 3. The number of carbonyl (C=O) groups excluding carboxylic acids is 2. The largest absolute Gasteiger partial charge is 0.394 e. The molecule has 2 heterocycles. The summed E-state index contributed by atoms with van der Waals surface area (Å²) in [6.07, 6.45) is 4.49. The molecule has 4 rings (SSSR count).